The predicted octanol–water partition coefficient (Wildman–Crippen LogP) is 4.81. The molecule has 5 fully saturated rings. The van der Waals surface area contributed by atoms with Crippen LogP contribution in [0.1, 0.15) is 91.1 Å². The van der Waals surface area contributed by atoms with E-state index in [9.17, 15) is 14.4 Å². The number of likely N-dealkylation sites (tertiary alicyclic amines) is 1. The van der Waals surface area contributed by atoms with Gasteiger partial charge in [-0.1, -0.05) is 26.0 Å². The predicted molar refractivity (Wildman–Crippen MR) is 165 cm³/mol. The zero-order valence-corrected chi connectivity index (χ0v) is 27.9. The van der Waals surface area contributed by atoms with Crippen molar-refractivity contribution in [2.45, 2.75) is 110 Å². The van der Waals surface area contributed by atoms with E-state index in [1.54, 1.807) is 12.1 Å². The van der Waals surface area contributed by atoms with Crippen LogP contribution in [0.25, 0.3) is 0 Å². The first-order valence-corrected chi connectivity index (χ1v) is 15.8. The number of amides is 2. The van der Waals surface area contributed by atoms with Gasteiger partial charge in [-0.05, 0) is 96.6 Å². The fourth-order valence-electron chi connectivity index (χ4n) is 7.42. The Morgan fingerprint density at radius 2 is 1.70 bits per heavy atom. The molecule has 44 heavy (non-hydrogen) atoms. The van der Waals surface area contributed by atoms with Crippen LogP contribution in [-0.4, -0.2) is 79.0 Å². The van der Waals surface area contributed by atoms with Crippen LogP contribution in [0.4, 0.5) is 4.79 Å². The maximum Gasteiger partial charge on any atom is 0.482 e. The monoisotopic (exact) mass is 612 g/mol. The van der Waals surface area contributed by atoms with Crippen molar-refractivity contribution < 1.29 is 37.9 Å². The van der Waals surface area contributed by atoms with Crippen LogP contribution in [0.3, 0.4) is 0 Å². The van der Waals surface area contributed by atoms with E-state index < -0.39 is 41.9 Å². The highest BCUT2D eigenvalue weighted by Gasteiger charge is 2.68. The molecule has 1 aromatic rings. The summed E-state index contributed by atoms with van der Waals surface area (Å²) < 4.78 is 30.2. The van der Waals surface area contributed by atoms with Gasteiger partial charge in [0, 0.05) is 13.1 Å². The molecule has 2 saturated heterocycles. The van der Waals surface area contributed by atoms with E-state index in [-0.39, 0.29) is 36.4 Å². The summed E-state index contributed by atoms with van der Waals surface area (Å²) in [4.78, 5) is 40.7. The quantitative estimate of drug-likeness (QED) is 0.345. The van der Waals surface area contributed by atoms with Gasteiger partial charge >= 0.3 is 19.2 Å². The van der Waals surface area contributed by atoms with Gasteiger partial charge in [0.15, 0.2) is 0 Å². The van der Waals surface area contributed by atoms with Crippen molar-refractivity contribution in [3.05, 3.63) is 29.3 Å². The molecule has 5 atom stereocenters. The fraction of sp³-hybridized carbons (Fsp3) is 0.727. The number of methoxy groups -OCH3 is 1. The van der Waals surface area contributed by atoms with E-state index in [1.807, 2.05) is 47.6 Å². The Labute approximate surface area is 262 Å². The van der Waals surface area contributed by atoms with E-state index in [0.29, 0.717) is 29.6 Å². The smallest absolute Gasteiger partial charge is 0.482 e. The van der Waals surface area contributed by atoms with Crippen LogP contribution < -0.4 is 10.1 Å². The first kappa shape index (κ1) is 32.6. The van der Waals surface area contributed by atoms with Crippen LogP contribution in [0.2, 0.25) is 0 Å². The van der Waals surface area contributed by atoms with Crippen LogP contribution in [0.5, 0.6) is 5.75 Å². The summed E-state index contributed by atoms with van der Waals surface area (Å²) in [5.41, 5.74) is -0.532. The second-order valence-corrected chi connectivity index (χ2v) is 15.7. The fourth-order valence-corrected chi connectivity index (χ4v) is 7.42. The topological polar surface area (TPSA) is 113 Å². The molecule has 1 aromatic carbocycles. The second kappa shape index (κ2) is 11.2. The maximum absolute atomic E-state index is 13.6. The number of hydrogen-bond acceptors (Lipinski definition) is 8. The zero-order valence-electron chi connectivity index (χ0n) is 27.9. The minimum Gasteiger partial charge on any atom is -0.496 e. The maximum atomic E-state index is 13.6. The lowest BCUT2D eigenvalue weighted by Gasteiger charge is -2.64. The first-order chi connectivity index (χ1) is 20.3. The molecule has 1 N–H and O–H groups in total. The van der Waals surface area contributed by atoms with Crippen molar-refractivity contribution in [2.75, 3.05) is 20.2 Å². The molecule has 3 saturated carbocycles. The summed E-state index contributed by atoms with van der Waals surface area (Å²) >= 11 is 0. The number of carbonyl (C=O) groups is 3. The Bertz CT molecular complexity index is 1300. The van der Waals surface area contributed by atoms with Gasteiger partial charge < -0.3 is 33.7 Å². The molecule has 10 nitrogen and oxygen atoms in total. The summed E-state index contributed by atoms with van der Waals surface area (Å²) in [5.74, 6) is -0.281. The average molecular weight is 613 g/mol. The Morgan fingerprint density at radius 3 is 2.30 bits per heavy atom. The lowest BCUT2D eigenvalue weighted by Crippen LogP contribution is -2.65. The second-order valence-electron chi connectivity index (χ2n) is 15.7. The Kier molecular flexibility index (Phi) is 8.32. The molecule has 5 unspecified atom stereocenters. The van der Waals surface area contributed by atoms with Gasteiger partial charge in [-0.15, -0.1) is 0 Å². The van der Waals surface area contributed by atoms with Gasteiger partial charge in [0.2, 0.25) is 5.91 Å². The largest absolute Gasteiger partial charge is 0.496 e. The number of benzene rings is 1. The normalized spacial score (nSPS) is 28.3. The van der Waals surface area contributed by atoms with Crippen LogP contribution in [-0.2, 0) is 30.0 Å². The molecule has 6 rings (SSSR count). The molecule has 2 heterocycles. The SMILES string of the molecule is COc1c(CC(NC(=O)C2CN(C(=O)OC(C)(C)C)C2)B2OC3CC4CC(C4(C)C)C3(C)O2)cccc1C(=O)OC(C)(C)C. The van der Waals surface area contributed by atoms with Gasteiger partial charge in [-0.2, -0.15) is 0 Å². The average Bonchev–Trinajstić information content (AvgIpc) is 3.22. The lowest BCUT2D eigenvalue weighted by molar-refractivity contribution is -0.199. The van der Waals surface area contributed by atoms with Crippen molar-refractivity contribution in [1.82, 2.24) is 10.2 Å². The number of nitrogens with one attached hydrogen (secondary N) is 1. The first-order valence-electron chi connectivity index (χ1n) is 15.8. The number of nitrogens with zero attached hydrogens (tertiary/aromatic N) is 1. The highest BCUT2D eigenvalue weighted by molar-refractivity contribution is 6.48. The van der Waals surface area contributed by atoms with Gasteiger partial charge in [0.05, 0.1) is 30.7 Å². The molecule has 0 aromatic heterocycles. The van der Waals surface area contributed by atoms with Crippen molar-refractivity contribution in [1.29, 1.82) is 0 Å². The van der Waals surface area contributed by atoms with Crippen molar-refractivity contribution >= 4 is 25.1 Å². The van der Waals surface area contributed by atoms with Crippen molar-refractivity contribution in [3.63, 3.8) is 0 Å². The molecule has 3 aliphatic carbocycles. The van der Waals surface area contributed by atoms with Gasteiger partial charge in [-0.3, -0.25) is 4.79 Å². The number of hydrogen-bond donors (Lipinski definition) is 1. The van der Waals surface area contributed by atoms with E-state index in [2.05, 4.69) is 26.1 Å². The lowest BCUT2D eigenvalue weighted by atomic mass is 9.43. The summed E-state index contributed by atoms with van der Waals surface area (Å²) in [6.07, 6.45) is 1.84. The third kappa shape index (κ3) is 6.19. The van der Waals surface area contributed by atoms with Gasteiger partial charge in [0.1, 0.15) is 22.5 Å². The molecule has 2 amide bonds. The van der Waals surface area contributed by atoms with E-state index in [4.69, 9.17) is 23.5 Å². The summed E-state index contributed by atoms with van der Waals surface area (Å²) in [7, 11) is 0.828. The third-order valence-electron chi connectivity index (χ3n) is 9.89. The van der Waals surface area contributed by atoms with Crippen molar-refractivity contribution in [2.24, 2.45) is 23.2 Å². The zero-order chi connectivity index (χ0) is 32.4. The molecule has 242 valence electrons. The van der Waals surface area contributed by atoms with Gasteiger partial charge in [0.25, 0.3) is 0 Å². The number of ether oxygens (including phenoxy) is 3. The highest BCUT2D eigenvalue weighted by Crippen LogP contribution is 2.65. The Morgan fingerprint density at radius 1 is 1.05 bits per heavy atom. The molecule has 0 radical (unpaired) electrons. The number of rotatable bonds is 7. The van der Waals surface area contributed by atoms with Gasteiger partial charge in [-0.25, -0.2) is 9.59 Å². The van der Waals surface area contributed by atoms with Crippen molar-refractivity contribution in [3.8, 4) is 5.75 Å². The minimum absolute atomic E-state index is 0.0648. The van der Waals surface area contributed by atoms with E-state index in [0.717, 1.165) is 18.4 Å². The Balaban J connectivity index is 1.37. The summed E-state index contributed by atoms with van der Waals surface area (Å²) in [6.45, 7) is 18.2. The third-order valence-corrected chi connectivity index (χ3v) is 9.89. The molecular formula is C33H49BN2O8. The minimum atomic E-state index is -0.693. The Hall–Kier alpha value is -2.79. The van der Waals surface area contributed by atoms with Crippen LogP contribution >= 0.6 is 0 Å². The highest BCUT2D eigenvalue weighted by atomic mass is 16.7. The summed E-state index contributed by atoms with van der Waals surface area (Å²) in [6, 6.07) is 5.34. The molecular weight excluding hydrogens is 563 g/mol. The van der Waals surface area contributed by atoms with Crippen LogP contribution in [0, 0.1) is 23.2 Å². The number of esters is 1. The molecule has 2 aliphatic heterocycles. The van der Waals surface area contributed by atoms with E-state index in [1.165, 1.54) is 12.0 Å². The standard InChI is InChI=1S/C33H49BN2O8/c1-30(2,3)41-28(38)22-13-11-12-19(26(22)40-10)14-25(35-27(37)20-17-36(18-20)29(39)42-31(4,5)6)34-43-24-16-21-15-23(32(21,7)8)33(24,9)44-34/h11-13,20-21,23-25H,14-18H2,1-10H3,(H,35,37). The molecule has 2 bridgehead atoms. The molecule has 5 aliphatic rings. The molecule has 11 heteroatoms. The molecule has 0 spiro atoms. The number of para-hydroxylation sites is 1. The summed E-state index contributed by atoms with van der Waals surface area (Å²) in [5, 5.41) is 3.19. The van der Waals surface area contributed by atoms with Crippen LogP contribution in [0.15, 0.2) is 18.2 Å². The number of carbonyl (C=O) groups excluding carboxylic acids is 3. The van der Waals surface area contributed by atoms with E-state index >= 15 is 0 Å².